The maximum absolute atomic E-state index is 12.9. The first kappa shape index (κ1) is 19.3. The largest absolute Gasteiger partial charge is 0.493 e. The number of hydrogen-bond acceptors (Lipinski definition) is 4. The van der Waals surface area contributed by atoms with E-state index in [9.17, 15) is 26.7 Å². The second-order valence-corrected chi connectivity index (χ2v) is 4.87. The first-order valence-electron chi connectivity index (χ1n) is 7.08. The second-order valence-electron chi connectivity index (χ2n) is 4.87. The van der Waals surface area contributed by atoms with Crippen LogP contribution < -0.4 is 20.3 Å². The van der Waals surface area contributed by atoms with Crippen LogP contribution in [0.2, 0.25) is 0 Å². The van der Waals surface area contributed by atoms with Crippen LogP contribution in [-0.4, -0.2) is 19.6 Å². The third-order valence-corrected chi connectivity index (χ3v) is 3.19. The van der Waals surface area contributed by atoms with Crippen LogP contribution in [-0.2, 0) is 6.18 Å². The number of ether oxygens (including phenoxy) is 2. The fraction of sp³-hybridized carbons (Fsp3) is 0.188. The van der Waals surface area contributed by atoms with Gasteiger partial charge in [0.15, 0.2) is 11.5 Å². The number of halogens is 5. The van der Waals surface area contributed by atoms with Crippen molar-refractivity contribution in [3.63, 3.8) is 0 Å². The van der Waals surface area contributed by atoms with Crippen molar-refractivity contribution in [2.45, 2.75) is 12.8 Å². The SMILES string of the molecule is COc1cc(C(=O)NNc2ccccc2C(F)(F)F)ccc1OC(F)F. The van der Waals surface area contributed by atoms with Crippen molar-refractivity contribution in [1.29, 1.82) is 0 Å². The minimum atomic E-state index is -4.61. The number of anilines is 1. The average Bonchev–Trinajstić information content (AvgIpc) is 2.59. The molecule has 5 nitrogen and oxygen atoms in total. The molecule has 0 aliphatic rings. The van der Waals surface area contributed by atoms with Crippen molar-refractivity contribution < 1.29 is 36.2 Å². The Morgan fingerprint density at radius 3 is 2.38 bits per heavy atom. The van der Waals surface area contributed by atoms with Gasteiger partial charge in [-0.05, 0) is 30.3 Å². The molecule has 0 aliphatic heterocycles. The summed E-state index contributed by atoms with van der Waals surface area (Å²) in [6, 6.07) is 7.93. The van der Waals surface area contributed by atoms with Crippen molar-refractivity contribution in [2.24, 2.45) is 0 Å². The van der Waals surface area contributed by atoms with Gasteiger partial charge in [0.2, 0.25) is 0 Å². The monoisotopic (exact) mass is 376 g/mol. The van der Waals surface area contributed by atoms with Crippen molar-refractivity contribution in [3.05, 3.63) is 53.6 Å². The Morgan fingerprint density at radius 2 is 1.77 bits per heavy atom. The fourth-order valence-electron chi connectivity index (χ4n) is 2.04. The zero-order valence-corrected chi connectivity index (χ0v) is 13.2. The summed E-state index contributed by atoms with van der Waals surface area (Å²) in [7, 11) is 1.19. The number of para-hydroxylation sites is 1. The second kappa shape index (κ2) is 7.89. The summed E-state index contributed by atoms with van der Waals surface area (Å²) in [5, 5.41) is 0. The number of hydrazine groups is 1. The lowest BCUT2D eigenvalue weighted by molar-refractivity contribution is -0.137. The van der Waals surface area contributed by atoms with E-state index in [2.05, 4.69) is 15.6 Å². The third kappa shape index (κ3) is 4.74. The van der Waals surface area contributed by atoms with Crippen molar-refractivity contribution in [1.82, 2.24) is 5.43 Å². The highest BCUT2D eigenvalue weighted by Crippen LogP contribution is 2.34. The number of amides is 1. The van der Waals surface area contributed by atoms with Gasteiger partial charge in [-0.3, -0.25) is 15.6 Å². The highest BCUT2D eigenvalue weighted by molar-refractivity contribution is 5.95. The van der Waals surface area contributed by atoms with Crippen LogP contribution in [0.25, 0.3) is 0 Å². The van der Waals surface area contributed by atoms with Crippen LogP contribution in [0.15, 0.2) is 42.5 Å². The molecule has 0 saturated carbocycles. The lowest BCUT2D eigenvalue weighted by Crippen LogP contribution is -2.30. The number of nitrogens with one attached hydrogen (secondary N) is 2. The predicted octanol–water partition coefficient (Wildman–Crippen LogP) is 4.07. The zero-order chi connectivity index (χ0) is 19.3. The maximum atomic E-state index is 12.9. The summed E-state index contributed by atoms with van der Waals surface area (Å²) < 4.78 is 72.3. The summed E-state index contributed by atoms with van der Waals surface area (Å²) in [6.07, 6.45) is -4.61. The molecule has 140 valence electrons. The first-order chi connectivity index (χ1) is 12.2. The number of methoxy groups -OCH3 is 1. The summed E-state index contributed by atoms with van der Waals surface area (Å²) in [6.45, 7) is -3.08. The molecule has 0 heterocycles. The van der Waals surface area contributed by atoms with Gasteiger partial charge < -0.3 is 9.47 Å². The molecule has 0 fully saturated rings. The summed E-state index contributed by atoms with van der Waals surface area (Å²) in [5.41, 5.74) is 2.95. The number of rotatable bonds is 6. The van der Waals surface area contributed by atoms with Crippen molar-refractivity contribution >= 4 is 11.6 Å². The Hall–Kier alpha value is -3.04. The van der Waals surface area contributed by atoms with Gasteiger partial charge in [-0.1, -0.05) is 12.1 Å². The molecule has 2 rings (SSSR count). The van der Waals surface area contributed by atoms with E-state index >= 15 is 0 Å². The zero-order valence-electron chi connectivity index (χ0n) is 13.2. The van der Waals surface area contributed by atoms with E-state index in [1.807, 2.05) is 0 Å². The molecule has 0 aromatic heterocycles. The molecule has 26 heavy (non-hydrogen) atoms. The molecule has 1 amide bonds. The van der Waals surface area contributed by atoms with Crippen LogP contribution in [0.1, 0.15) is 15.9 Å². The van der Waals surface area contributed by atoms with Gasteiger partial charge in [0.1, 0.15) is 0 Å². The highest BCUT2D eigenvalue weighted by Gasteiger charge is 2.33. The minimum absolute atomic E-state index is 0.0412. The number of carbonyl (C=O) groups excluding carboxylic acids is 1. The van der Waals surface area contributed by atoms with Crippen molar-refractivity contribution in [3.8, 4) is 11.5 Å². The number of carbonyl (C=O) groups is 1. The van der Waals surface area contributed by atoms with Crippen LogP contribution in [0.4, 0.5) is 27.6 Å². The molecule has 2 aromatic rings. The maximum Gasteiger partial charge on any atom is 0.418 e. The van der Waals surface area contributed by atoms with Crippen molar-refractivity contribution in [2.75, 3.05) is 12.5 Å². The molecular weight excluding hydrogens is 363 g/mol. The lowest BCUT2D eigenvalue weighted by Gasteiger charge is -2.15. The molecule has 0 unspecified atom stereocenters. The van der Waals surface area contributed by atoms with E-state index in [0.29, 0.717) is 0 Å². The normalized spacial score (nSPS) is 11.2. The van der Waals surface area contributed by atoms with E-state index in [1.165, 1.54) is 19.2 Å². The molecule has 0 atom stereocenters. The van der Waals surface area contributed by atoms with E-state index in [-0.39, 0.29) is 22.7 Å². The fourth-order valence-corrected chi connectivity index (χ4v) is 2.04. The predicted molar refractivity (Wildman–Crippen MR) is 82.2 cm³/mol. The standard InChI is InChI=1S/C16H13F5N2O3/c1-25-13-8-9(6-7-12(13)26-15(17)18)14(24)23-22-11-5-3-2-4-10(11)16(19,20)21/h2-8,15,22H,1H3,(H,23,24). The average molecular weight is 376 g/mol. The van der Waals surface area contributed by atoms with Gasteiger partial charge >= 0.3 is 12.8 Å². The Labute approximate surface area is 144 Å². The number of alkyl halides is 5. The molecule has 0 aliphatic carbocycles. The molecule has 2 aromatic carbocycles. The van der Waals surface area contributed by atoms with Gasteiger partial charge in [-0.15, -0.1) is 0 Å². The highest BCUT2D eigenvalue weighted by atomic mass is 19.4. The molecule has 0 radical (unpaired) electrons. The minimum Gasteiger partial charge on any atom is -0.493 e. The van der Waals surface area contributed by atoms with E-state index in [4.69, 9.17) is 4.74 Å². The van der Waals surface area contributed by atoms with Gasteiger partial charge in [0, 0.05) is 5.56 Å². The van der Waals surface area contributed by atoms with E-state index in [0.717, 1.165) is 30.3 Å². The van der Waals surface area contributed by atoms with Crippen LogP contribution in [0, 0.1) is 0 Å². The van der Waals surface area contributed by atoms with Gasteiger partial charge in [-0.2, -0.15) is 22.0 Å². The Morgan fingerprint density at radius 1 is 1.08 bits per heavy atom. The van der Waals surface area contributed by atoms with Gasteiger partial charge in [0.05, 0.1) is 18.4 Å². The first-order valence-corrected chi connectivity index (χ1v) is 7.08. The quantitative estimate of drug-likeness (QED) is 0.589. The lowest BCUT2D eigenvalue weighted by atomic mass is 10.1. The summed E-state index contributed by atoms with van der Waals surface area (Å²) >= 11 is 0. The molecule has 10 heteroatoms. The van der Waals surface area contributed by atoms with Crippen LogP contribution in [0.3, 0.4) is 0 Å². The van der Waals surface area contributed by atoms with E-state index in [1.54, 1.807) is 0 Å². The molecule has 0 saturated heterocycles. The Kier molecular flexibility index (Phi) is 5.86. The molecular formula is C16H13F5N2O3. The van der Waals surface area contributed by atoms with Gasteiger partial charge in [-0.25, -0.2) is 0 Å². The van der Waals surface area contributed by atoms with E-state index < -0.39 is 24.3 Å². The third-order valence-electron chi connectivity index (χ3n) is 3.19. The summed E-state index contributed by atoms with van der Waals surface area (Å²) in [4.78, 5) is 12.1. The van der Waals surface area contributed by atoms with Gasteiger partial charge in [0.25, 0.3) is 5.91 Å². The molecule has 0 spiro atoms. The smallest absolute Gasteiger partial charge is 0.418 e. The van der Waals surface area contributed by atoms with Crippen LogP contribution in [0.5, 0.6) is 11.5 Å². The Bertz CT molecular complexity index is 781. The summed E-state index contributed by atoms with van der Waals surface area (Å²) in [5.74, 6) is -1.22. The molecule has 0 bridgehead atoms. The van der Waals surface area contributed by atoms with Crippen LogP contribution >= 0.6 is 0 Å². The topological polar surface area (TPSA) is 59.6 Å². The number of benzene rings is 2. The number of hydrogen-bond donors (Lipinski definition) is 2. The molecule has 2 N–H and O–H groups in total. The Balaban J connectivity index is 2.14.